The average molecular weight is 351 g/mol. The summed E-state index contributed by atoms with van der Waals surface area (Å²) in [6.45, 7) is 3.87. The smallest absolute Gasteiger partial charge is 0.326 e. The number of hydrogen-bond acceptors (Lipinski definition) is 3. The monoisotopic (exact) mass is 351 g/mol. The van der Waals surface area contributed by atoms with E-state index in [1.54, 1.807) is 0 Å². The Hall–Kier alpha value is -1.30. The van der Waals surface area contributed by atoms with E-state index in [0.29, 0.717) is 18.4 Å². The Kier molecular flexibility index (Phi) is 6.57. The van der Waals surface area contributed by atoms with Gasteiger partial charge in [-0.2, -0.15) is 0 Å². The van der Waals surface area contributed by atoms with Gasteiger partial charge in [0.05, 0.1) is 0 Å². The van der Waals surface area contributed by atoms with E-state index in [-0.39, 0.29) is 6.03 Å². The van der Waals surface area contributed by atoms with Crippen LogP contribution in [-0.2, 0) is 4.79 Å². The molecule has 1 saturated carbocycles. The largest absolute Gasteiger partial charge is 0.480 e. The third-order valence-electron chi connectivity index (χ3n) is 6.30. The molecule has 0 aromatic rings. The molecule has 6 heteroatoms. The second kappa shape index (κ2) is 8.88. The minimum Gasteiger partial charge on any atom is -0.480 e. The van der Waals surface area contributed by atoms with E-state index in [2.05, 4.69) is 10.2 Å². The third kappa shape index (κ3) is 5.09. The van der Waals surface area contributed by atoms with E-state index >= 15 is 0 Å². The van der Waals surface area contributed by atoms with Crippen LogP contribution >= 0.6 is 0 Å². The lowest BCUT2D eigenvalue weighted by atomic mass is 9.85. The number of nitrogens with one attached hydrogen (secondary N) is 1. The quantitative estimate of drug-likeness (QED) is 0.799. The van der Waals surface area contributed by atoms with Crippen LogP contribution in [0.4, 0.5) is 4.79 Å². The molecule has 0 spiro atoms. The molecule has 0 aromatic heterocycles. The van der Waals surface area contributed by atoms with Crippen molar-refractivity contribution in [2.75, 3.05) is 26.2 Å². The Balaban J connectivity index is 1.45. The van der Waals surface area contributed by atoms with E-state index in [0.717, 1.165) is 38.8 Å². The molecule has 2 saturated heterocycles. The zero-order valence-electron chi connectivity index (χ0n) is 15.3. The van der Waals surface area contributed by atoms with Gasteiger partial charge in [-0.25, -0.2) is 9.59 Å². The molecule has 0 bridgehead atoms. The van der Waals surface area contributed by atoms with Crippen LogP contribution in [0.15, 0.2) is 0 Å². The van der Waals surface area contributed by atoms with Crippen LogP contribution in [0.3, 0.4) is 0 Å². The number of likely N-dealkylation sites (tertiary alicyclic amines) is 2. The highest BCUT2D eigenvalue weighted by atomic mass is 16.4. The Morgan fingerprint density at radius 3 is 2.16 bits per heavy atom. The highest BCUT2D eigenvalue weighted by Gasteiger charge is 2.31. The molecule has 2 amide bonds. The predicted octanol–water partition coefficient (Wildman–Crippen LogP) is 2.68. The van der Waals surface area contributed by atoms with Crippen molar-refractivity contribution in [3.63, 3.8) is 0 Å². The Bertz CT molecular complexity index is 451. The molecule has 0 radical (unpaired) electrons. The van der Waals surface area contributed by atoms with Crippen LogP contribution in [0.25, 0.3) is 0 Å². The number of urea groups is 1. The van der Waals surface area contributed by atoms with Crippen LogP contribution in [0, 0.1) is 5.92 Å². The summed E-state index contributed by atoms with van der Waals surface area (Å²) in [4.78, 5) is 28.5. The van der Waals surface area contributed by atoms with Gasteiger partial charge in [0.15, 0.2) is 0 Å². The van der Waals surface area contributed by atoms with Crippen LogP contribution in [0.1, 0.15) is 64.2 Å². The normalized spacial score (nSPS) is 25.0. The van der Waals surface area contributed by atoms with Gasteiger partial charge in [0.2, 0.25) is 0 Å². The third-order valence-corrected chi connectivity index (χ3v) is 6.30. The Morgan fingerprint density at radius 1 is 0.920 bits per heavy atom. The molecule has 25 heavy (non-hydrogen) atoms. The number of nitrogens with zero attached hydrogens (tertiary/aromatic N) is 2. The number of hydrogen-bond donors (Lipinski definition) is 2. The van der Waals surface area contributed by atoms with Crippen molar-refractivity contribution in [1.29, 1.82) is 0 Å². The van der Waals surface area contributed by atoms with Gasteiger partial charge < -0.3 is 20.2 Å². The lowest BCUT2D eigenvalue weighted by Gasteiger charge is -2.37. The maximum atomic E-state index is 12.5. The molecular formula is C19H33N3O3. The molecule has 142 valence electrons. The zero-order valence-corrected chi connectivity index (χ0v) is 15.3. The maximum absolute atomic E-state index is 12.5. The topological polar surface area (TPSA) is 72.9 Å². The SMILES string of the molecule is O=C(O)[C@H](CC1CCCCC1)NC(=O)N1CCC(N2CCCC2)CC1. The molecular weight excluding hydrogens is 318 g/mol. The van der Waals surface area contributed by atoms with Crippen LogP contribution in [0.2, 0.25) is 0 Å². The van der Waals surface area contributed by atoms with Crippen molar-refractivity contribution in [1.82, 2.24) is 15.1 Å². The van der Waals surface area contributed by atoms with Crippen molar-refractivity contribution in [2.45, 2.75) is 76.3 Å². The summed E-state index contributed by atoms with van der Waals surface area (Å²) in [5.74, 6) is -0.457. The summed E-state index contributed by atoms with van der Waals surface area (Å²) < 4.78 is 0. The molecule has 3 fully saturated rings. The van der Waals surface area contributed by atoms with Crippen molar-refractivity contribution < 1.29 is 14.7 Å². The number of rotatable bonds is 5. The number of carbonyl (C=O) groups excluding carboxylic acids is 1. The second-order valence-corrected chi connectivity index (χ2v) is 8.04. The standard InChI is InChI=1S/C19H33N3O3/c23-18(24)17(14-15-6-2-1-3-7-15)20-19(25)22-12-8-16(9-13-22)21-10-4-5-11-21/h15-17H,1-14H2,(H,20,25)(H,23,24)/t17-/m0/s1. The number of amides is 2. The first kappa shape index (κ1) is 18.5. The van der Waals surface area contributed by atoms with Gasteiger partial charge in [-0.3, -0.25) is 0 Å². The number of carbonyl (C=O) groups is 2. The first-order valence-corrected chi connectivity index (χ1v) is 10.2. The highest BCUT2D eigenvalue weighted by molar-refractivity contribution is 5.82. The maximum Gasteiger partial charge on any atom is 0.326 e. The fourth-order valence-electron chi connectivity index (χ4n) is 4.76. The van der Waals surface area contributed by atoms with Crippen molar-refractivity contribution in [3.05, 3.63) is 0 Å². The predicted molar refractivity (Wildman–Crippen MR) is 96.5 cm³/mol. The number of aliphatic carboxylic acids is 1. The summed E-state index contributed by atoms with van der Waals surface area (Å²) >= 11 is 0. The fraction of sp³-hybridized carbons (Fsp3) is 0.895. The first-order valence-electron chi connectivity index (χ1n) is 10.2. The minimum atomic E-state index is -0.897. The van der Waals surface area contributed by atoms with Gasteiger partial charge in [-0.15, -0.1) is 0 Å². The number of carboxylic acids is 1. The second-order valence-electron chi connectivity index (χ2n) is 8.04. The number of piperidine rings is 1. The van der Waals surface area contributed by atoms with Gasteiger partial charge >= 0.3 is 12.0 Å². The van der Waals surface area contributed by atoms with Crippen LogP contribution in [0.5, 0.6) is 0 Å². The van der Waals surface area contributed by atoms with Gasteiger partial charge in [0.1, 0.15) is 6.04 Å². The van der Waals surface area contributed by atoms with Crippen molar-refractivity contribution in [3.8, 4) is 0 Å². The van der Waals surface area contributed by atoms with Gasteiger partial charge in [-0.1, -0.05) is 32.1 Å². The number of carboxylic acid groups (broad SMARTS) is 1. The lowest BCUT2D eigenvalue weighted by molar-refractivity contribution is -0.139. The Labute approximate surface area is 150 Å². The Morgan fingerprint density at radius 2 is 1.56 bits per heavy atom. The van der Waals surface area contributed by atoms with E-state index in [1.165, 1.54) is 45.2 Å². The molecule has 1 atom stereocenters. The lowest BCUT2D eigenvalue weighted by Crippen LogP contribution is -2.52. The molecule has 3 aliphatic rings. The first-order chi connectivity index (χ1) is 12.1. The molecule has 2 aliphatic heterocycles. The summed E-state index contributed by atoms with van der Waals surface area (Å²) in [7, 11) is 0. The minimum absolute atomic E-state index is 0.192. The summed E-state index contributed by atoms with van der Waals surface area (Å²) in [5.41, 5.74) is 0. The molecule has 6 nitrogen and oxygen atoms in total. The molecule has 1 aliphatic carbocycles. The molecule has 0 aromatic carbocycles. The van der Waals surface area contributed by atoms with Gasteiger partial charge in [-0.05, 0) is 51.1 Å². The molecule has 3 rings (SSSR count). The summed E-state index contributed by atoms with van der Waals surface area (Å²) in [6.07, 6.45) is 11.0. The highest BCUT2D eigenvalue weighted by Crippen LogP contribution is 2.27. The van der Waals surface area contributed by atoms with E-state index < -0.39 is 12.0 Å². The van der Waals surface area contributed by atoms with Gasteiger partial charge in [0, 0.05) is 19.1 Å². The van der Waals surface area contributed by atoms with E-state index in [9.17, 15) is 14.7 Å². The summed E-state index contributed by atoms with van der Waals surface area (Å²) in [5, 5.41) is 12.3. The fourth-order valence-corrected chi connectivity index (χ4v) is 4.76. The summed E-state index contributed by atoms with van der Waals surface area (Å²) in [6, 6.07) is -0.334. The molecule has 2 heterocycles. The zero-order chi connectivity index (χ0) is 17.6. The van der Waals surface area contributed by atoms with Crippen LogP contribution < -0.4 is 5.32 Å². The molecule has 2 N–H and O–H groups in total. The van der Waals surface area contributed by atoms with E-state index in [1.807, 2.05) is 4.90 Å². The average Bonchev–Trinajstić information content (AvgIpc) is 3.16. The van der Waals surface area contributed by atoms with Crippen molar-refractivity contribution in [2.24, 2.45) is 5.92 Å². The van der Waals surface area contributed by atoms with Crippen LogP contribution in [-0.4, -0.2) is 65.2 Å². The van der Waals surface area contributed by atoms with Gasteiger partial charge in [0.25, 0.3) is 0 Å². The van der Waals surface area contributed by atoms with Crippen molar-refractivity contribution >= 4 is 12.0 Å². The molecule has 0 unspecified atom stereocenters. The van der Waals surface area contributed by atoms with E-state index in [4.69, 9.17) is 0 Å².